The van der Waals surface area contributed by atoms with E-state index >= 15 is 0 Å². The Morgan fingerprint density at radius 1 is 1.21 bits per heavy atom. The molecule has 4 rings (SSSR count). The number of hydrogen-bond acceptors (Lipinski definition) is 5. The van der Waals surface area contributed by atoms with Gasteiger partial charge in [-0.1, -0.05) is 12.1 Å². The van der Waals surface area contributed by atoms with Crippen molar-refractivity contribution in [3.8, 4) is 0 Å². The van der Waals surface area contributed by atoms with Gasteiger partial charge in [0, 0.05) is 35.4 Å². The van der Waals surface area contributed by atoms with Crippen LogP contribution in [0.2, 0.25) is 0 Å². The van der Waals surface area contributed by atoms with Crippen LogP contribution in [0.3, 0.4) is 0 Å². The van der Waals surface area contributed by atoms with Crippen molar-refractivity contribution in [3.63, 3.8) is 0 Å². The Kier molecular flexibility index (Phi) is 3.84. The predicted molar refractivity (Wildman–Crippen MR) is 93.7 cm³/mol. The highest BCUT2D eigenvalue weighted by atomic mass is 16.1. The summed E-state index contributed by atoms with van der Waals surface area (Å²) in [6.07, 6.45) is 8.58. The van der Waals surface area contributed by atoms with Crippen molar-refractivity contribution < 1.29 is 4.79 Å². The molecule has 0 amide bonds. The van der Waals surface area contributed by atoms with Crippen molar-refractivity contribution in [2.75, 3.05) is 0 Å². The fourth-order valence-corrected chi connectivity index (χ4v) is 3.08. The molecule has 0 radical (unpaired) electrons. The molecule has 0 atom stereocenters. The van der Waals surface area contributed by atoms with Gasteiger partial charge in [0.25, 0.3) is 0 Å². The van der Waals surface area contributed by atoms with Crippen LogP contribution in [-0.4, -0.2) is 28.0 Å². The van der Waals surface area contributed by atoms with E-state index in [0.717, 1.165) is 54.3 Å². The maximum atomic E-state index is 10.7. The number of rotatable bonds is 6. The predicted octanol–water partition coefficient (Wildman–Crippen LogP) is 2.97. The van der Waals surface area contributed by atoms with Crippen molar-refractivity contribution in [3.05, 3.63) is 42.4 Å². The number of para-hydroxylation sites is 2. The molecule has 0 unspecified atom stereocenters. The monoisotopic (exact) mass is 320 g/mol. The number of aromatic nitrogens is 2. The van der Waals surface area contributed by atoms with E-state index in [1.807, 2.05) is 30.5 Å². The van der Waals surface area contributed by atoms with Gasteiger partial charge in [-0.2, -0.15) is 0 Å². The minimum absolute atomic E-state index is 0.183. The number of allylic oxidation sites excluding steroid dienone is 1. The van der Waals surface area contributed by atoms with Gasteiger partial charge in [0.1, 0.15) is 6.29 Å². The summed E-state index contributed by atoms with van der Waals surface area (Å²) >= 11 is 0. The summed E-state index contributed by atoms with van der Waals surface area (Å²) in [6.45, 7) is 0. The number of aldehydes is 1. The summed E-state index contributed by atoms with van der Waals surface area (Å²) in [5.74, 6) is 0.526. The van der Waals surface area contributed by atoms with E-state index in [4.69, 9.17) is 10.4 Å². The molecular weight excluding hydrogens is 300 g/mol. The first-order valence-corrected chi connectivity index (χ1v) is 8.47. The number of benzene rings is 1. The second-order valence-electron chi connectivity index (χ2n) is 6.72. The second kappa shape index (κ2) is 6.15. The van der Waals surface area contributed by atoms with Gasteiger partial charge in [-0.05, 0) is 37.8 Å². The molecule has 24 heavy (non-hydrogen) atoms. The Labute approximate surface area is 140 Å². The van der Waals surface area contributed by atoms with Gasteiger partial charge in [0.15, 0.2) is 0 Å². The zero-order valence-corrected chi connectivity index (χ0v) is 13.4. The molecule has 5 nitrogen and oxygen atoms in total. The lowest BCUT2D eigenvalue weighted by Crippen LogP contribution is -2.39. The fraction of sp³-hybridized carbons (Fsp3) is 0.368. The lowest BCUT2D eigenvalue weighted by molar-refractivity contribution is -0.113. The van der Waals surface area contributed by atoms with Crippen LogP contribution in [-0.2, 0) is 4.79 Å². The number of carbonyl (C=O) groups excluding carboxylic acids is 1. The van der Waals surface area contributed by atoms with Crippen LogP contribution in [0.15, 0.2) is 36.7 Å². The minimum atomic E-state index is 0.183. The third kappa shape index (κ3) is 2.94. The lowest BCUT2D eigenvalue weighted by atomic mass is 9.81. The molecule has 0 aliphatic heterocycles. The Morgan fingerprint density at radius 3 is 2.67 bits per heavy atom. The Balaban J connectivity index is 1.61. The van der Waals surface area contributed by atoms with Gasteiger partial charge in [-0.15, -0.1) is 0 Å². The van der Waals surface area contributed by atoms with Crippen molar-refractivity contribution >= 4 is 28.6 Å². The Morgan fingerprint density at radius 2 is 1.96 bits per heavy atom. The molecule has 0 spiro atoms. The molecule has 2 aromatic rings. The number of nitrogens with zero attached hydrogens (tertiary/aromatic N) is 2. The number of hydrogen-bond donors (Lipinski definition) is 2. The number of carbonyl (C=O) groups is 1. The lowest BCUT2D eigenvalue weighted by Gasteiger charge is -2.32. The van der Waals surface area contributed by atoms with E-state index in [2.05, 4.69) is 10.3 Å². The maximum Gasteiger partial charge on any atom is 0.123 e. The van der Waals surface area contributed by atoms with E-state index in [1.54, 1.807) is 6.20 Å². The van der Waals surface area contributed by atoms with E-state index in [0.29, 0.717) is 17.7 Å². The molecule has 1 aromatic heterocycles. The molecule has 1 heterocycles. The highest BCUT2D eigenvalue weighted by Gasteiger charge is 2.31. The normalized spacial score (nSPS) is 23.6. The van der Waals surface area contributed by atoms with Crippen molar-refractivity contribution in [1.29, 1.82) is 5.41 Å². The van der Waals surface area contributed by atoms with Crippen LogP contribution >= 0.6 is 0 Å². The maximum absolute atomic E-state index is 10.7. The summed E-state index contributed by atoms with van der Waals surface area (Å²) < 4.78 is 0. The van der Waals surface area contributed by atoms with Gasteiger partial charge in [0.2, 0.25) is 0 Å². The van der Waals surface area contributed by atoms with Crippen LogP contribution < -0.4 is 5.32 Å². The molecular formula is C19H20N4O. The molecule has 1 aromatic carbocycles. The third-order valence-electron chi connectivity index (χ3n) is 4.83. The SMILES string of the molecule is N=C(/C(=C\NC1CC(C=O)C1)c1cnc2ccccc2n1)C1CC1. The van der Waals surface area contributed by atoms with E-state index in [9.17, 15) is 4.79 Å². The first-order chi connectivity index (χ1) is 11.7. The zero-order chi connectivity index (χ0) is 16.5. The van der Waals surface area contributed by atoms with E-state index < -0.39 is 0 Å². The van der Waals surface area contributed by atoms with Gasteiger partial charge >= 0.3 is 0 Å². The molecule has 2 N–H and O–H groups in total. The standard InChI is InChI=1S/C19H20N4O/c20-19(13-5-6-13)15(9-21-14-7-12(8-14)11-24)18-10-22-16-3-1-2-4-17(16)23-18/h1-4,9-14,20-21H,5-8H2/b15-9-,20-19?. The number of fused-ring (bicyclic) bond motifs is 1. The highest BCUT2D eigenvalue weighted by molar-refractivity contribution is 6.23. The van der Waals surface area contributed by atoms with Crippen molar-refractivity contribution in [2.24, 2.45) is 11.8 Å². The average molecular weight is 320 g/mol. The first kappa shape index (κ1) is 15.0. The van der Waals surface area contributed by atoms with Crippen molar-refractivity contribution in [1.82, 2.24) is 15.3 Å². The van der Waals surface area contributed by atoms with E-state index in [1.165, 1.54) is 0 Å². The molecule has 2 saturated carbocycles. The Hall–Kier alpha value is -2.56. The highest BCUT2D eigenvalue weighted by Crippen LogP contribution is 2.35. The van der Waals surface area contributed by atoms with Crippen LogP contribution in [0, 0.1) is 17.2 Å². The van der Waals surface area contributed by atoms with Gasteiger partial charge in [0.05, 0.1) is 22.9 Å². The second-order valence-corrected chi connectivity index (χ2v) is 6.72. The third-order valence-corrected chi connectivity index (χ3v) is 4.83. The summed E-state index contributed by atoms with van der Waals surface area (Å²) in [5.41, 5.74) is 3.90. The molecule has 122 valence electrons. The zero-order valence-electron chi connectivity index (χ0n) is 13.4. The van der Waals surface area contributed by atoms with Crippen LogP contribution in [0.25, 0.3) is 16.6 Å². The smallest absolute Gasteiger partial charge is 0.123 e. The van der Waals surface area contributed by atoms with Crippen LogP contribution in [0.1, 0.15) is 31.4 Å². The number of nitrogens with one attached hydrogen (secondary N) is 2. The van der Waals surface area contributed by atoms with Crippen LogP contribution in [0.4, 0.5) is 0 Å². The first-order valence-electron chi connectivity index (χ1n) is 8.47. The molecule has 2 aliphatic carbocycles. The van der Waals surface area contributed by atoms with Gasteiger partial charge < -0.3 is 15.5 Å². The summed E-state index contributed by atoms with van der Waals surface area (Å²) in [5, 5.41) is 11.8. The van der Waals surface area contributed by atoms with Crippen molar-refractivity contribution in [2.45, 2.75) is 31.7 Å². The topological polar surface area (TPSA) is 78.7 Å². The summed E-state index contributed by atoms with van der Waals surface area (Å²) in [4.78, 5) is 19.9. The quantitative estimate of drug-likeness (QED) is 0.633. The van der Waals surface area contributed by atoms with Gasteiger partial charge in [-0.25, -0.2) is 4.98 Å². The molecule has 2 fully saturated rings. The molecule has 0 bridgehead atoms. The largest absolute Gasteiger partial charge is 0.388 e. The average Bonchev–Trinajstić information content (AvgIpc) is 3.41. The van der Waals surface area contributed by atoms with E-state index in [-0.39, 0.29) is 5.92 Å². The Bertz CT molecular complexity index is 819. The summed E-state index contributed by atoms with van der Waals surface area (Å²) in [7, 11) is 0. The van der Waals surface area contributed by atoms with Crippen LogP contribution in [0.5, 0.6) is 0 Å². The fourth-order valence-electron chi connectivity index (χ4n) is 3.08. The summed E-state index contributed by atoms with van der Waals surface area (Å²) in [6, 6.07) is 8.09. The molecule has 2 aliphatic rings. The minimum Gasteiger partial charge on any atom is -0.388 e. The molecule has 5 heteroatoms. The molecule has 0 saturated heterocycles. The van der Waals surface area contributed by atoms with Gasteiger partial charge in [-0.3, -0.25) is 4.98 Å².